The number of likely N-dealkylation sites (tertiary alicyclic amines) is 2. The van der Waals surface area contributed by atoms with Crippen LogP contribution in [-0.4, -0.2) is 59.9 Å². The zero-order valence-electron chi connectivity index (χ0n) is 21.2. The molecule has 3 aromatic carbocycles. The zero-order valence-corrected chi connectivity index (χ0v) is 22.1. The van der Waals surface area contributed by atoms with Crippen LogP contribution in [0.15, 0.2) is 72.8 Å². The van der Waals surface area contributed by atoms with Crippen LogP contribution in [0, 0.1) is 5.82 Å². The molecule has 2 saturated heterocycles. The molecule has 6 rings (SSSR count). The first-order chi connectivity index (χ1) is 19.2. The van der Waals surface area contributed by atoms with Crippen molar-refractivity contribution in [3.63, 3.8) is 0 Å². The lowest BCUT2D eigenvalue weighted by Gasteiger charge is -2.40. The second kappa shape index (κ2) is 10.3. The van der Waals surface area contributed by atoms with Gasteiger partial charge in [0.1, 0.15) is 4.88 Å². The van der Waals surface area contributed by atoms with Gasteiger partial charge in [0, 0.05) is 53.9 Å². The number of hydrogen-bond donors (Lipinski definition) is 1. The van der Waals surface area contributed by atoms with Crippen LogP contribution >= 0.6 is 11.3 Å². The molecule has 2 aliphatic rings. The molecule has 2 amide bonds. The number of halogens is 4. The fourth-order valence-electron chi connectivity index (χ4n) is 5.30. The summed E-state index contributed by atoms with van der Waals surface area (Å²) in [6, 6.07) is 19.1. The van der Waals surface area contributed by atoms with Crippen molar-refractivity contribution in [3.05, 3.63) is 94.6 Å². The van der Waals surface area contributed by atoms with Gasteiger partial charge in [0.05, 0.1) is 5.56 Å². The predicted molar refractivity (Wildman–Crippen MR) is 146 cm³/mol. The molecule has 40 heavy (non-hydrogen) atoms. The van der Waals surface area contributed by atoms with Crippen molar-refractivity contribution in [3.8, 4) is 11.1 Å². The third-order valence-electron chi connectivity index (χ3n) is 7.51. The summed E-state index contributed by atoms with van der Waals surface area (Å²) in [5.41, 5.74) is 1.15. The Hall–Kier alpha value is -3.76. The molecule has 1 aromatic heterocycles. The summed E-state index contributed by atoms with van der Waals surface area (Å²) in [6.07, 6.45) is -3.59. The van der Waals surface area contributed by atoms with Crippen LogP contribution in [0.1, 0.15) is 32.0 Å². The van der Waals surface area contributed by atoms with E-state index in [0.717, 1.165) is 29.9 Å². The third kappa shape index (κ3) is 5.09. The molecule has 1 N–H and O–H groups in total. The first-order valence-corrected chi connectivity index (χ1v) is 13.8. The molecule has 206 valence electrons. The van der Waals surface area contributed by atoms with E-state index in [2.05, 4.69) is 5.32 Å². The summed E-state index contributed by atoms with van der Waals surface area (Å²) in [4.78, 5) is 29.2. The van der Waals surface area contributed by atoms with E-state index < -0.39 is 17.6 Å². The van der Waals surface area contributed by atoms with Gasteiger partial charge in [-0.05, 0) is 53.9 Å². The topological polar surface area (TPSA) is 52.7 Å². The molecule has 2 fully saturated rings. The summed E-state index contributed by atoms with van der Waals surface area (Å²) in [5.74, 6) is -0.941. The van der Waals surface area contributed by atoms with Crippen LogP contribution < -0.4 is 5.32 Å². The molecule has 0 bridgehead atoms. The average molecular weight is 568 g/mol. The van der Waals surface area contributed by atoms with Crippen molar-refractivity contribution in [1.82, 2.24) is 15.1 Å². The van der Waals surface area contributed by atoms with Gasteiger partial charge in [-0.1, -0.05) is 36.4 Å². The maximum Gasteiger partial charge on any atom is 0.416 e. The van der Waals surface area contributed by atoms with E-state index >= 15 is 4.39 Å². The van der Waals surface area contributed by atoms with Gasteiger partial charge in [-0.3, -0.25) is 9.59 Å². The van der Waals surface area contributed by atoms with Crippen LogP contribution in [0.3, 0.4) is 0 Å². The molecule has 0 saturated carbocycles. The maximum atomic E-state index is 15.2. The number of hydrogen-bond acceptors (Lipinski definition) is 4. The number of alkyl halides is 3. The van der Waals surface area contributed by atoms with E-state index in [-0.39, 0.29) is 28.8 Å². The van der Waals surface area contributed by atoms with Gasteiger partial charge in [0.2, 0.25) is 0 Å². The van der Waals surface area contributed by atoms with Crippen LogP contribution in [0.2, 0.25) is 0 Å². The Morgan fingerprint density at radius 1 is 0.825 bits per heavy atom. The van der Waals surface area contributed by atoms with E-state index in [1.54, 1.807) is 35.2 Å². The first-order valence-electron chi connectivity index (χ1n) is 13.0. The van der Waals surface area contributed by atoms with Gasteiger partial charge in [0.15, 0.2) is 5.82 Å². The molecule has 0 aliphatic carbocycles. The van der Waals surface area contributed by atoms with E-state index in [0.29, 0.717) is 53.0 Å². The minimum Gasteiger partial charge on any atom is -0.337 e. The molecule has 5 nitrogen and oxygen atoms in total. The highest BCUT2D eigenvalue weighted by atomic mass is 32.1. The molecule has 2 aliphatic heterocycles. The fourth-order valence-corrected chi connectivity index (χ4v) is 6.39. The molecule has 4 aromatic rings. The Balaban J connectivity index is 1.07. The SMILES string of the molecule is O=C(c1ccccc1)N1CCC(NC2CN(C(=O)c3sc4cc(-c5ccc(C(F)(F)F)cc5)ccc4c3F)C2)C1. The van der Waals surface area contributed by atoms with E-state index in [1.807, 2.05) is 23.1 Å². The summed E-state index contributed by atoms with van der Waals surface area (Å²) < 4.78 is 54.4. The summed E-state index contributed by atoms with van der Waals surface area (Å²) in [5, 5.41) is 3.83. The lowest BCUT2D eigenvalue weighted by atomic mass is 10.0. The van der Waals surface area contributed by atoms with Gasteiger partial charge in [0.25, 0.3) is 11.8 Å². The van der Waals surface area contributed by atoms with Crippen LogP contribution in [-0.2, 0) is 6.18 Å². The number of fused-ring (bicyclic) bond motifs is 1. The number of carbonyl (C=O) groups excluding carboxylic acids is 2. The standard InChI is InChI=1S/C30H25F4N3O2S/c31-26-24-11-8-20(18-6-9-21(10-7-18)30(32,33)34)14-25(24)40-27(26)29(39)37-16-23(17-37)35-22-12-13-36(15-22)28(38)19-4-2-1-3-5-19/h1-11,14,22-23,35H,12-13,15-17H2. The third-order valence-corrected chi connectivity index (χ3v) is 8.62. The Labute approximate surface area is 232 Å². The second-order valence-corrected chi connectivity index (χ2v) is 11.3. The van der Waals surface area contributed by atoms with Crippen LogP contribution in [0.25, 0.3) is 21.2 Å². The number of nitrogens with zero attached hydrogens (tertiary/aromatic N) is 2. The first kappa shape index (κ1) is 26.5. The van der Waals surface area contributed by atoms with Crippen molar-refractivity contribution in [2.45, 2.75) is 24.7 Å². The minimum absolute atomic E-state index is 0.0111. The smallest absolute Gasteiger partial charge is 0.337 e. The highest BCUT2D eigenvalue weighted by molar-refractivity contribution is 7.20. The number of carbonyl (C=O) groups is 2. The normalized spacial score (nSPS) is 17.9. The molecular formula is C30H25F4N3O2S. The number of rotatable bonds is 5. The van der Waals surface area contributed by atoms with Gasteiger partial charge in [-0.25, -0.2) is 4.39 Å². The van der Waals surface area contributed by atoms with Gasteiger partial charge in [-0.15, -0.1) is 11.3 Å². The van der Waals surface area contributed by atoms with E-state index in [9.17, 15) is 22.8 Å². The van der Waals surface area contributed by atoms with E-state index in [1.165, 1.54) is 12.1 Å². The highest BCUT2D eigenvalue weighted by Gasteiger charge is 2.37. The van der Waals surface area contributed by atoms with Crippen molar-refractivity contribution in [1.29, 1.82) is 0 Å². The largest absolute Gasteiger partial charge is 0.416 e. The summed E-state index contributed by atoms with van der Waals surface area (Å²) >= 11 is 1.05. The number of nitrogens with one attached hydrogen (secondary N) is 1. The molecule has 0 spiro atoms. The average Bonchev–Trinajstić information content (AvgIpc) is 3.54. The number of thiophene rings is 1. The van der Waals surface area contributed by atoms with Crippen molar-refractivity contribution in [2.75, 3.05) is 26.2 Å². The van der Waals surface area contributed by atoms with Crippen molar-refractivity contribution < 1.29 is 27.2 Å². The molecule has 3 heterocycles. The number of benzene rings is 3. The number of amides is 2. The molecule has 1 unspecified atom stereocenters. The van der Waals surface area contributed by atoms with Crippen LogP contribution in [0.5, 0.6) is 0 Å². The highest BCUT2D eigenvalue weighted by Crippen LogP contribution is 2.36. The fraction of sp³-hybridized carbons (Fsp3) is 0.267. The molecule has 10 heteroatoms. The lowest BCUT2D eigenvalue weighted by molar-refractivity contribution is -0.137. The Morgan fingerprint density at radius 3 is 2.20 bits per heavy atom. The maximum absolute atomic E-state index is 15.2. The van der Waals surface area contributed by atoms with Crippen molar-refractivity contribution in [2.24, 2.45) is 0 Å². The summed E-state index contributed by atoms with van der Waals surface area (Å²) in [7, 11) is 0. The monoisotopic (exact) mass is 567 g/mol. The van der Waals surface area contributed by atoms with E-state index in [4.69, 9.17) is 0 Å². The predicted octanol–water partition coefficient (Wildman–Crippen LogP) is 6.05. The zero-order chi connectivity index (χ0) is 28.0. The van der Waals surface area contributed by atoms with Gasteiger partial charge >= 0.3 is 6.18 Å². The second-order valence-electron chi connectivity index (χ2n) is 10.2. The minimum atomic E-state index is -4.42. The van der Waals surface area contributed by atoms with Crippen molar-refractivity contribution >= 4 is 33.2 Å². The quantitative estimate of drug-likeness (QED) is 0.299. The Bertz CT molecular complexity index is 1560. The molecule has 0 radical (unpaired) electrons. The van der Waals surface area contributed by atoms with Crippen LogP contribution in [0.4, 0.5) is 17.6 Å². The molecule has 1 atom stereocenters. The van der Waals surface area contributed by atoms with Gasteiger partial charge in [-0.2, -0.15) is 13.2 Å². The Morgan fingerprint density at radius 2 is 1.50 bits per heavy atom. The summed E-state index contributed by atoms with van der Waals surface area (Å²) in [6.45, 7) is 2.17. The Kier molecular flexibility index (Phi) is 6.83. The van der Waals surface area contributed by atoms with Gasteiger partial charge < -0.3 is 15.1 Å². The lowest BCUT2D eigenvalue weighted by Crippen LogP contribution is -2.62. The molecular weight excluding hydrogens is 542 g/mol.